The number of aromatic nitrogens is 1. The molecule has 1 unspecified atom stereocenters. The molecule has 1 amide bonds. The maximum atomic E-state index is 12.5. The van der Waals surface area contributed by atoms with Crippen molar-refractivity contribution in [1.82, 2.24) is 20.3 Å². The first-order chi connectivity index (χ1) is 14.1. The van der Waals surface area contributed by atoms with Gasteiger partial charge in [-0.2, -0.15) is 0 Å². The number of hydrogen-bond donors (Lipinski definition) is 1. The summed E-state index contributed by atoms with van der Waals surface area (Å²) in [6.45, 7) is 8.80. The average molecular weight is 393 g/mol. The lowest BCUT2D eigenvalue weighted by molar-refractivity contribution is -0.123. The van der Waals surface area contributed by atoms with Crippen LogP contribution in [0.1, 0.15) is 30.0 Å². The molecule has 2 heterocycles. The minimum Gasteiger partial charge on any atom is -0.360 e. The Labute approximate surface area is 171 Å². The van der Waals surface area contributed by atoms with E-state index in [2.05, 4.69) is 50.6 Å². The molecular weight excluding hydrogens is 364 g/mol. The second-order valence-electron chi connectivity index (χ2n) is 7.88. The van der Waals surface area contributed by atoms with Crippen LogP contribution in [0.25, 0.3) is 10.8 Å². The van der Waals surface area contributed by atoms with Gasteiger partial charge in [0.2, 0.25) is 5.91 Å². The fraction of sp³-hybridized carbons (Fsp3) is 0.391. The highest BCUT2D eigenvalue weighted by Crippen LogP contribution is 2.20. The van der Waals surface area contributed by atoms with Gasteiger partial charge in [-0.25, -0.2) is 0 Å². The summed E-state index contributed by atoms with van der Waals surface area (Å²) in [6, 6.07) is 16.6. The van der Waals surface area contributed by atoms with Crippen molar-refractivity contribution in [3.05, 3.63) is 65.5 Å². The summed E-state index contributed by atoms with van der Waals surface area (Å²) in [7, 11) is 0. The molecule has 152 valence electrons. The zero-order valence-corrected chi connectivity index (χ0v) is 17.1. The molecule has 0 aliphatic carbocycles. The number of hydrogen-bond acceptors (Lipinski definition) is 5. The van der Waals surface area contributed by atoms with Crippen molar-refractivity contribution in [2.45, 2.75) is 26.4 Å². The van der Waals surface area contributed by atoms with E-state index in [-0.39, 0.29) is 11.9 Å². The van der Waals surface area contributed by atoms with Gasteiger partial charge in [0.15, 0.2) is 5.76 Å². The molecule has 0 spiro atoms. The first-order valence-corrected chi connectivity index (χ1v) is 10.2. The molecule has 1 aliphatic rings. The van der Waals surface area contributed by atoms with Crippen molar-refractivity contribution in [2.24, 2.45) is 0 Å². The number of carbonyl (C=O) groups is 1. The van der Waals surface area contributed by atoms with E-state index in [1.807, 2.05) is 32.0 Å². The predicted molar refractivity (Wildman–Crippen MR) is 113 cm³/mol. The van der Waals surface area contributed by atoms with E-state index in [0.29, 0.717) is 6.54 Å². The molecule has 29 heavy (non-hydrogen) atoms. The number of nitrogens with zero attached hydrogens (tertiary/aromatic N) is 3. The topological polar surface area (TPSA) is 61.6 Å². The number of carbonyl (C=O) groups excluding carboxylic acids is 1. The van der Waals surface area contributed by atoms with Crippen molar-refractivity contribution in [3.8, 4) is 0 Å². The maximum Gasteiger partial charge on any atom is 0.234 e. The van der Waals surface area contributed by atoms with E-state index >= 15 is 0 Å². The first kappa shape index (κ1) is 19.6. The number of fused-ring (bicyclic) bond motifs is 1. The van der Waals surface area contributed by atoms with E-state index < -0.39 is 0 Å². The van der Waals surface area contributed by atoms with Crippen molar-refractivity contribution in [3.63, 3.8) is 0 Å². The third-order valence-corrected chi connectivity index (χ3v) is 5.54. The summed E-state index contributed by atoms with van der Waals surface area (Å²) >= 11 is 0. The Bertz CT molecular complexity index is 976. The van der Waals surface area contributed by atoms with Gasteiger partial charge >= 0.3 is 0 Å². The van der Waals surface area contributed by atoms with E-state index in [1.54, 1.807) is 0 Å². The second-order valence-corrected chi connectivity index (χ2v) is 7.88. The molecule has 2 aromatic carbocycles. The lowest BCUT2D eigenvalue weighted by Gasteiger charge is -2.33. The van der Waals surface area contributed by atoms with Gasteiger partial charge in [-0.1, -0.05) is 41.6 Å². The standard InChI is InChI=1S/C23H28N4O2/c1-17-13-22(29-25-17)15-26-9-11-27(12-10-26)16-23(28)24-18(2)20-8-7-19-5-3-4-6-21(19)14-20/h3-8,13-14,18H,9-12,15-16H2,1-2H3,(H,24,28). The molecule has 1 fully saturated rings. The fourth-order valence-electron chi connectivity index (χ4n) is 3.87. The highest BCUT2D eigenvalue weighted by Gasteiger charge is 2.21. The van der Waals surface area contributed by atoms with Crippen molar-refractivity contribution in [2.75, 3.05) is 32.7 Å². The van der Waals surface area contributed by atoms with Gasteiger partial charge in [-0.05, 0) is 36.2 Å². The largest absolute Gasteiger partial charge is 0.360 e. The van der Waals surface area contributed by atoms with Gasteiger partial charge in [0.1, 0.15) is 0 Å². The third kappa shape index (κ3) is 5.02. The number of rotatable bonds is 6. The zero-order chi connectivity index (χ0) is 20.2. The van der Waals surface area contributed by atoms with E-state index in [9.17, 15) is 4.79 Å². The average Bonchev–Trinajstić information content (AvgIpc) is 3.13. The van der Waals surface area contributed by atoms with E-state index in [1.165, 1.54) is 10.8 Å². The molecule has 3 aromatic rings. The quantitative estimate of drug-likeness (QED) is 0.698. The van der Waals surface area contributed by atoms with Gasteiger partial charge in [0.05, 0.1) is 24.8 Å². The summed E-state index contributed by atoms with van der Waals surface area (Å²) in [5, 5.41) is 9.50. The first-order valence-electron chi connectivity index (χ1n) is 10.2. The monoisotopic (exact) mass is 392 g/mol. The Hall–Kier alpha value is -2.70. The molecule has 0 radical (unpaired) electrons. The Kier molecular flexibility index (Phi) is 5.92. The van der Waals surface area contributed by atoms with Crippen LogP contribution in [0, 0.1) is 6.92 Å². The number of piperazine rings is 1. The molecule has 0 bridgehead atoms. The highest BCUT2D eigenvalue weighted by molar-refractivity contribution is 5.83. The summed E-state index contributed by atoms with van der Waals surface area (Å²) in [5.41, 5.74) is 2.04. The van der Waals surface area contributed by atoms with E-state index in [4.69, 9.17) is 4.52 Å². The molecular formula is C23H28N4O2. The van der Waals surface area contributed by atoms with Crippen LogP contribution in [0.5, 0.6) is 0 Å². The summed E-state index contributed by atoms with van der Waals surface area (Å²) < 4.78 is 5.30. The molecule has 1 atom stereocenters. The minimum absolute atomic E-state index is 0.0110. The Morgan fingerprint density at radius 2 is 1.79 bits per heavy atom. The second kappa shape index (κ2) is 8.76. The van der Waals surface area contributed by atoms with Crippen molar-refractivity contribution in [1.29, 1.82) is 0 Å². The Balaban J connectivity index is 1.25. The lowest BCUT2D eigenvalue weighted by Crippen LogP contribution is -2.49. The normalized spacial score (nSPS) is 16.8. The third-order valence-electron chi connectivity index (χ3n) is 5.54. The molecule has 4 rings (SSSR count). The minimum atomic E-state index is -0.0110. The summed E-state index contributed by atoms with van der Waals surface area (Å²) in [4.78, 5) is 17.1. The van der Waals surface area contributed by atoms with Crippen LogP contribution in [-0.4, -0.2) is 53.6 Å². The molecule has 0 saturated carbocycles. The summed E-state index contributed by atoms with van der Waals surface area (Å²) in [5.74, 6) is 0.975. The van der Waals surface area contributed by atoms with Crippen LogP contribution in [0.4, 0.5) is 0 Å². The molecule has 6 heteroatoms. The molecule has 1 saturated heterocycles. The van der Waals surface area contributed by atoms with Gasteiger partial charge in [-0.15, -0.1) is 0 Å². The zero-order valence-electron chi connectivity index (χ0n) is 17.1. The molecule has 1 aliphatic heterocycles. The number of aryl methyl sites for hydroxylation is 1. The van der Waals surface area contributed by atoms with Crippen LogP contribution in [0.15, 0.2) is 53.1 Å². The van der Waals surface area contributed by atoms with Crippen LogP contribution in [0.2, 0.25) is 0 Å². The van der Waals surface area contributed by atoms with Crippen molar-refractivity contribution >= 4 is 16.7 Å². The van der Waals surface area contributed by atoms with Crippen LogP contribution in [-0.2, 0) is 11.3 Å². The summed E-state index contributed by atoms with van der Waals surface area (Å²) in [6.07, 6.45) is 0. The Morgan fingerprint density at radius 3 is 2.52 bits per heavy atom. The molecule has 6 nitrogen and oxygen atoms in total. The number of benzene rings is 2. The van der Waals surface area contributed by atoms with Crippen LogP contribution >= 0.6 is 0 Å². The smallest absolute Gasteiger partial charge is 0.234 e. The predicted octanol–water partition coefficient (Wildman–Crippen LogP) is 3.13. The SMILES string of the molecule is Cc1cc(CN2CCN(CC(=O)NC(C)c3ccc4ccccc4c3)CC2)on1. The van der Waals surface area contributed by atoms with Gasteiger partial charge in [0.25, 0.3) is 0 Å². The van der Waals surface area contributed by atoms with E-state index in [0.717, 1.165) is 49.7 Å². The lowest BCUT2D eigenvalue weighted by atomic mass is 10.0. The van der Waals surface area contributed by atoms with Crippen LogP contribution < -0.4 is 5.32 Å². The molecule has 1 N–H and O–H groups in total. The van der Waals surface area contributed by atoms with Gasteiger partial charge in [-0.3, -0.25) is 14.6 Å². The maximum absolute atomic E-state index is 12.5. The van der Waals surface area contributed by atoms with Gasteiger partial charge in [0, 0.05) is 32.2 Å². The van der Waals surface area contributed by atoms with Gasteiger partial charge < -0.3 is 9.84 Å². The fourth-order valence-corrected chi connectivity index (χ4v) is 3.87. The number of nitrogens with one attached hydrogen (secondary N) is 1. The number of amides is 1. The molecule has 1 aromatic heterocycles. The highest BCUT2D eigenvalue weighted by atomic mass is 16.5. The Morgan fingerprint density at radius 1 is 1.07 bits per heavy atom. The van der Waals surface area contributed by atoms with Crippen molar-refractivity contribution < 1.29 is 9.32 Å². The van der Waals surface area contributed by atoms with Crippen LogP contribution in [0.3, 0.4) is 0 Å².